The van der Waals surface area contributed by atoms with E-state index in [1.807, 2.05) is 0 Å². The number of amides is 6. The largest absolute Gasteiger partial charge is 0.480 e. The number of para-hydroxylation sites is 2. The maximum atomic E-state index is 13.6. The monoisotopic (exact) mass is 894 g/mol. The standard InChI is InChI=1S/C23H23FN4O5.C22H21FN4O5/c1-13(2)20(22(30)32-3)27-21(29)19-12-18(28-33-19)14-8-10-15(11-9-14)25-23(31)26-17-7-5-4-6-16(17)24;1-12(2)19(21(29)30)26-20(28)18-11-17(27-32-18)13-7-9-14(10-8-13)24-22(31)25-16-6-4-3-5-15(16)23/h4-13,20H,1-3H3,(H,27,29)(H2,25,26,31);3-12,19H,1-2H3,(H,26,28)(H,29,30)(H2,24,25,31). The van der Waals surface area contributed by atoms with Crippen LogP contribution in [0.4, 0.5) is 41.1 Å². The molecule has 65 heavy (non-hydrogen) atoms. The molecular weight excluding hydrogens is 851 g/mol. The Balaban J connectivity index is 0.000000244. The summed E-state index contributed by atoms with van der Waals surface area (Å²) >= 11 is 0. The predicted molar refractivity (Wildman–Crippen MR) is 234 cm³/mol. The average molecular weight is 895 g/mol. The SMILES string of the molecule is CC(C)C(NC(=O)c1cc(-c2ccc(NC(=O)Nc3ccccc3F)cc2)no1)C(=O)O.COC(=O)C(NC(=O)c1cc(-c2ccc(NC(=O)Nc3ccccc3F)cc2)no1)C(C)C. The van der Waals surface area contributed by atoms with E-state index in [1.54, 1.807) is 88.4 Å². The zero-order valence-electron chi connectivity index (χ0n) is 35.5. The number of anilines is 4. The van der Waals surface area contributed by atoms with Gasteiger partial charge in [-0.05, 0) is 60.4 Å². The van der Waals surface area contributed by atoms with Crippen LogP contribution >= 0.6 is 0 Å². The molecule has 0 radical (unpaired) electrons. The zero-order chi connectivity index (χ0) is 47.2. The molecule has 7 N–H and O–H groups in total. The highest BCUT2D eigenvalue weighted by atomic mass is 19.1. The van der Waals surface area contributed by atoms with Crippen molar-refractivity contribution in [3.05, 3.63) is 132 Å². The van der Waals surface area contributed by atoms with Gasteiger partial charge in [-0.1, -0.05) is 86.5 Å². The van der Waals surface area contributed by atoms with E-state index < -0.39 is 59.5 Å². The van der Waals surface area contributed by atoms with E-state index in [0.717, 1.165) is 0 Å². The van der Waals surface area contributed by atoms with Crippen LogP contribution in [0.1, 0.15) is 48.8 Å². The average Bonchev–Trinajstić information content (AvgIpc) is 3.98. The topological polar surface area (TPSA) is 256 Å². The molecule has 6 amide bonds. The summed E-state index contributed by atoms with van der Waals surface area (Å²) in [5.41, 5.74) is 3.01. The van der Waals surface area contributed by atoms with Gasteiger partial charge in [0.25, 0.3) is 11.8 Å². The summed E-state index contributed by atoms with van der Waals surface area (Å²) in [6.45, 7) is 6.91. The molecule has 0 bridgehead atoms. The zero-order valence-corrected chi connectivity index (χ0v) is 35.5. The summed E-state index contributed by atoms with van der Waals surface area (Å²) in [6.07, 6.45) is 0. The molecule has 0 saturated heterocycles. The van der Waals surface area contributed by atoms with E-state index in [1.165, 1.54) is 55.6 Å². The van der Waals surface area contributed by atoms with Crippen LogP contribution in [-0.4, -0.2) is 70.4 Å². The molecule has 0 aliphatic rings. The lowest BCUT2D eigenvalue weighted by Crippen LogP contribution is -2.44. The number of carboxylic acid groups (broad SMARTS) is 1. The maximum Gasteiger partial charge on any atom is 0.328 e. The number of rotatable bonds is 14. The molecule has 6 aromatic rings. The molecule has 0 saturated carbocycles. The number of carbonyl (C=O) groups excluding carboxylic acids is 5. The first-order valence-corrected chi connectivity index (χ1v) is 19.7. The summed E-state index contributed by atoms with van der Waals surface area (Å²) in [4.78, 5) is 71.9. The molecule has 18 nitrogen and oxygen atoms in total. The number of carbonyl (C=O) groups is 6. The van der Waals surface area contributed by atoms with Crippen LogP contribution in [0.2, 0.25) is 0 Å². The van der Waals surface area contributed by atoms with Gasteiger partial charge in [-0.25, -0.2) is 28.0 Å². The lowest BCUT2D eigenvalue weighted by atomic mass is 10.0. The minimum absolute atomic E-state index is 0.0534. The van der Waals surface area contributed by atoms with Crippen LogP contribution in [-0.2, 0) is 14.3 Å². The molecule has 20 heteroatoms. The third-order valence-corrected chi connectivity index (χ3v) is 9.22. The molecule has 0 aliphatic carbocycles. The van der Waals surface area contributed by atoms with E-state index in [2.05, 4.69) is 42.2 Å². The van der Waals surface area contributed by atoms with Crippen LogP contribution in [0.3, 0.4) is 0 Å². The minimum atomic E-state index is -1.14. The smallest absolute Gasteiger partial charge is 0.328 e. The molecule has 338 valence electrons. The van der Waals surface area contributed by atoms with E-state index >= 15 is 0 Å². The second-order valence-corrected chi connectivity index (χ2v) is 14.7. The van der Waals surface area contributed by atoms with Crippen molar-refractivity contribution < 1.29 is 56.4 Å². The highest BCUT2D eigenvalue weighted by Crippen LogP contribution is 2.24. The second-order valence-electron chi connectivity index (χ2n) is 14.7. The van der Waals surface area contributed by atoms with Crippen molar-refractivity contribution in [3.63, 3.8) is 0 Å². The van der Waals surface area contributed by atoms with Crippen molar-refractivity contribution in [3.8, 4) is 22.5 Å². The third-order valence-electron chi connectivity index (χ3n) is 9.22. The van der Waals surface area contributed by atoms with Crippen molar-refractivity contribution in [2.45, 2.75) is 39.8 Å². The van der Waals surface area contributed by atoms with Crippen LogP contribution in [0.25, 0.3) is 22.5 Å². The number of ether oxygens (including phenoxy) is 1. The fourth-order valence-corrected chi connectivity index (χ4v) is 5.74. The fraction of sp³-hybridized carbons (Fsp3) is 0.200. The van der Waals surface area contributed by atoms with Gasteiger partial charge >= 0.3 is 24.0 Å². The number of urea groups is 2. The van der Waals surface area contributed by atoms with Crippen molar-refractivity contribution >= 4 is 58.6 Å². The first-order valence-electron chi connectivity index (χ1n) is 19.7. The molecule has 2 atom stereocenters. The quantitative estimate of drug-likeness (QED) is 0.0513. The number of halogens is 2. The molecule has 2 unspecified atom stereocenters. The number of aliphatic carboxylic acids is 1. The lowest BCUT2D eigenvalue weighted by molar-refractivity contribution is -0.144. The van der Waals surface area contributed by atoms with Gasteiger partial charge < -0.3 is 50.8 Å². The van der Waals surface area contributed by atoms with Gasteiger partial charge in [0, 0.05) is 34.6 Å². The number of hydrogen-bond acceptors (Lipinski definition) is 11. The molecule has 4 aromatic carbocycles. The Morgan fingerprint density at radius 3 is 1.31 bits per heavy atom. The van der Waals surface area contributed by atoms with Gasteiger partial charge in [0.1, 0.15) is 35.1 Å². The van der Waals surface area contributed by atoms with E-state index in [9.17, 15) is 42.7 Å². The summed E-state index contributed by atoms with van der Waals surface area (Å²) in [7, 11) is 1.25. The number of nitrogens with zero attached hydrogens (tertiary/aromatic N) is 2. The highest BCUT2D eigenvalue weighted by molar-refractivity contribution is 6.01. The normalized spacial score (nSPS) is 11.6. The van der Waals surface area contributed by atoms with E-state index in [0.29, 0.717) is 33.9 Å². The number of methoxy groups -OCH3 is 1. The van der Waals surface area contributed by atoms with Gasteiger partial charge in [-0.15, -0.1) is 0 Å². The predicted octanol–water partition coefficient (Wildman–Crippen LogP) is 8.02. The highest BCUT2D eigenvalue weighted by Gasteiger charge is 2.28. The molecule has 0 fully saturated rings. The Bertz CT molecular complexity index is 2630. The third kappa shape index (κ3) is 13.3. The van der Waals surface area contributed by atoms with Crippen molar-refractivity contribution in [2.75, 3.05) is 28.4 Å². The number of esters is 1. The minimum Gasteiger partial charge on any atom is -0.480 e. The summed E-state index contributed by atoms with van der Waals surface area (Å²) in [6, 6.07) is 24.4. The van der Waals surface area contributed by atoms with Gasteiger partial charge in [0.2, 0.25) is 11.5 Å². The van der Waals surface area contributed by atoms with Crippen LogP contribution in [0.15, 0.2) is 118 Å². The molecule has 6 rings (SSSR count). The number of hydrogen-bond donors (Lipinski definition) is 7. The summed E-state index contributed by atoms with van der Waals surface area (Å²) in [5, 5.41) is 31.9. The van der Waals surface area contributed by atoms with E-state index in [-0.39, 0.29) is 34.7 Å². The van der Waals surface area contributed by atoms with Crippen LogP contribution in [0, 0.1) is 23.5 Å². The Morgan fingerprint density at radius 2 is 0.954 bits per heavy atom. The Morgan fingerprint density at radius 1 is 0.569 bits per heavy atom. The first kappa shape index (κ1) is 47.6. The summed E-state index contributed by atoms with van der Waals surface area (Å²) in [5.74, 6) is -4.75. The van der Waals surface area contributed by atoms with Gasteiger partial charge in [-0.2, -0.15) is 0 Å². The Labute approximate surface area is 370 Å². The molecule has 2 heterocycles. The Kier molecular flexibility index (Phi) is 16.2. The van der Waals surface area contributed by atoms with Gasteiger partial charge in [-0.3, -0.25) is 9.59 Å². The maximum absolute atomic E-state index is 13.6. The van der Waals surface area contributed by atoms with Crippen molar-refractivity contribution in [1.29, 1.82) is 0 Å². The number of benzene rings is 4. The van der Waals surface area contributed by atoms with Crippen molar-refractivity contribution in [2.24, 2.45) is 11.8 Å². The van der Waals surface area contributed by atoms with Crippen molar-refractivity contribution in [1.82, 2.24) is 20.9 Å². The first-order chi connectivity index (χ1) is 31.0. The number of carboxylic acids is 1. The van der Waals surface area contributed by atoms with Crippen LogP contribution < -0.4 is 31.9 Å². The molecule has 0 aliphatic heterocycles. The second kappa shape index (κ2) is 22.1. The van der Waals surface area contributed by atoms with Gasteiger partial charge in [0.05, 0.1) is 18.5 Å². The van der Waals surface area contributed by atoms with E-state index in [4.69, 9.17) is 13.8 Å². The molecular formula is C45H44F2N8O10. The van der Waals surface area contributed by atoms with Crippen LogP contribution in [0.5, 0.6) is 0 Å². The molecule has 2 aromatic heterocycles. The Hall–Kier alpha value is -8.42. The fourth-order valence-electron chi connectivity index (χ4n) is 5.74. The lowest BCUT2D eigenvalue weighted by Gasteiger charge is -2.18. The van der Waals surface area contributed by atoms with Gasteiger partial charge in [0.15, 0.2) is 0 Å². The number of aromatic nitrogens is 2. The summed E-state index contributed by atoms with van der Waals surface area (Å²) < 4.78 is 42.1. The molecule has 0 spiro atoms. The number of nitrogens with one attached hydrogen (secondary N) is 6.